The maximum Gasteiger partial charge on any atom is 0.327 e. The Hall–Kier alpha value is -2.65. The number of carbonyl (C=O) groups is 3. The van der Waals surface area contributed by atoms with Crippen LogP contribution in [0.4, 0.5) is 14.9 Å². The number of hydrogen-bond acceptors (Lipinski definition) is 5. The van der Waals surface area contributed by atoms with E-state index in [1.807, 2.05) is 17.5 Å². The van der Waals surface area contributed by atoms with Gasteiger partial charge in [0.25, 0.3) is 0 Å². The first kappa shape index (κ1) is 19.7. The van der Waals surface area contributed by atoms with Gasteiger partial charge in [0.15, 0.2) is 0 Å². The van der Waals surface area contributed by atoms with Gasteiger partial charge in [-0.05, 0) is 41.5 Å². The van der Waals surface area contributed by atoms with E-state index in [2.05, 4.69) is 5.32 Å². The number of amides is 4. The first-order chi connectivity index (χ1) is 14.0. The number of nitrogens with one attached hydrogen (secondary N) is 1. The molecule has 3 heterocycles. The number of benzene rings is 1. The lowest BCUT2D eigenvalue weighted by Crippen LogP contribution is -2.63. The molecule has 2 unspecified atom stereocenters. The summed E-state index contributed by atoms with van der Waals surface area (Å²) in [5.74, 6) is -1.13. The molecule has 2 aromatic rings. The van der Waals surface area contributed by atoms with Crippen LogP contribution in [0.2, 0.25) is 0 Å². The highest BCUT2D eigenvalue weighted by molar-refractivity contribution is 8.03. The molecule has 0 saturated carbocycles. The zero-order chi connectivity index (χ0) is 20.4. The number of imide groups is 1. The van der Waals surface area contributed by atoms with Gasteiger partial charge < -0.3 is 10.2 Å². The first-order valence-corrected chi connectivity index (χ1v) is 10.9. The van der Waals surface area contributed by atoms with Crippen LogP contribution in [-0.2, 0) is 16.0 Å². The Balaban J connectivity index is 1.48. The van der Waals surface area contributed by atoms with Crippen molar-refractivity contribution in [2.75, 3.05) is 18.4 Å². The molecule has 2 aliphatic rings. The normalized spacial score (nSPS) is 20.9. The Morgan fingerprint density at radius 1 is 1.21 bits per heavy atom. The van der Waals surface area contributed by atoms with Crippen molar-refractivity contribution in [3.8, 4) is 0 Å². The molecule has 0 spiro atoms. The summed E-state index contributed by atoms with van der Waals surface area (Å²) in [7, 11) is 0. The number of fused-ring (bicyclic) bond motifs is 1. The molecule has 2 atom stereocenters. The minimum Gasteiger partial charge on any atom is -0.324 e. The Kier molecular flexibility index (Phi) is 5.68. The van der Waals surface area contributed by atoms with Crippen molar-refractivity contribution in [2.24, 2.45) is 0 Å². The van der Waals surface area contributed by atoms with Gasteiger partial charge >= 0.3 is 6.03 Å². The van der Waals surface area contributed by atoms with Crippen molar-refractivity contribution in [2.45, 2.75) is 17.7 Å². The van der Waals surface area contributed by atoms with Crippen molar-refractivity contribution < 1.29 is 18.8 Å². The summed E-state index contributed by atoms with van der Waals surface area (Å²) in [6, 6.07) is 8.51. The number of rotatable bonds is 6. The quantitative estimate of drug-likeness (QED) is 0.762. The second-order valence-corrected chi connectivity index (χ2v) is 8.75. The number of urea groups is 1. The van der Waals surface area contributed by atoms with Crippen molar-refractivity contribution in [1.29, 1.82) is 0 Å². The minimum atomic E-state index is -0.477. The van der Waals surface area contributed by atoms with Crippen molar-refractivity contribution in [1.82, 2.24) is 9.80 Å². The van der Waals surface area contributed by atoms with Crippen LogP contribution < -0.4 is 5.32 Å². The van der Waals surface area contributed by atoms with E-state index in [1.165, 1.54) is 39.8 Å². The lowest BCUT2D eigenvalue weighted by atomic mass is 10.1. The molecule has 4 rings (SSSR count). The highest BCUT2D eigenvalue weighted by Crippen LogP contribution is 2.34. The molecule has 1 N–H and O–H groups in total. The second kappa shape index (κ2) is 8.38. The van der Waals surface area contributed by atoms with E-state index in [-0.39, 0.29) is 19.0 Å². The standard InChI is InChI=1S/C20H18FN3O3S2/c21-13-3-1-4-14(11-13)22-17(25)12-24-16-7-10-29-18(16)19(26)23(20(24)27)8-6-15-5-2-9-28-15/h1-5,7,9-11,16,18H,6,8,12H2,(H,22,25). The number of carbonyl (C=O) groups excluding carboxylic acids is 3. The molecule has 150 valence electrons. The molecular weight excluding hydrogens is 413 g/mol. The van der Waals surface area contributed by atoms with Gasteiger partial charge in [-0.15, -0.1) is 23.1 Å². The molecule has 4 amide bonds. The van der Waals surface area contributed by atoms with Gasteiger partial charge in [0.2, 0.25) is 11.8 Å². The van der Waals surface area contributed by atoms with Crippen LogP contribution in [-0.4, -0.2) is 52.0 Å². The summed E-state index contributed by atoms with van der Waals surface area (Å²) >= 11 is 2.93. The van der Waals surface area contributed by atoms with Gasteiger partial charge in [-0.2, -0.15) is 0 Å². The second-order valence-electron chi connectivity index (χ2n) is 6.66. The predicted octanol–water partition coefficient (Wildman–Crippen LogP) is 3.33. The predicted molar refractivity (Wildman–Crippen MR) is 111 cm³/mol. The van der Waals surface area contributed by atoms with E-state index in [9.17, 15) is 18.8 Å². The summed E-state index contributed by atoms with van der Waals surface area (Å²) in [4.78, 5) is 42.1. The third kappa shape index (κ3) is 4.20. The van der Waals surface area contributed by atoms with Crippen LogP contribution in [0.5, 0.6) is 0 Å². The Labute approximate surface area is 175 Å². The van der Waals surface area contributed by atoms with E-state index < -0.39 is 29.0 Å². The fourth-order valence-corrected chi connectivity index (χ4v) is 5.13. The van der Waals surface area contributed by atoms with E-state index in [1.54, 1.807) is 28.9 Å². The van der Waals surface area contributed by atoms with Crippen molar-refractivity contribution >= 4 is 46.6 Å². The molecule has 1 saturated heterocycles. The smallest absolute Gasteiger partial charge is 0.324 e. The average Bonchev–Trinajstić information content (AvgIpc) is 3.37. The van der Waals surface area contributed by atoms with Crippen molar-refractivity contribution in [3.05, 3.63) is 64.0 Å². The molecule has 0 radical (unpaired) electrons. The number of nitrogens with zero attached hydrogens (tertiary/aromatic N) is 2. The Morgan fingerprint density at radius 2 is 2.07 bits per heavy atom. The van der Waals surface area contributed by atoms with Crippen LogP contribution in [0.3, 0.4) is 0 Å². The molecule has 0 aliphatic carbocycles. The molecule has 1 fully saturated rings. The molecule has 29 heavy (non-hydrogen) atoms. The third-order valence-electron chi connectivity index (χ3n) is 4.74. The van der Waals surface area contributed by atoms with E-state index in [4.69, 9.17) is 0 Å². The third-order valence-corrected chi connectivity index (χ3v) is 6.77. The molecule has 0 bridgehead atoms. The molecule has 1 aromatic carbocycles. The first-order valence-electron chi connectivity index (χ1n) is 9.05. The SMILES string of the molecule is O=C(CN1C(=O)N(CCc2cccs2)C(=O)C2SC=CC21)Nc1cccc(F)c1. The number of thioether (sulfide) groups is 1. The van der Waals surface area contributed by atoms with Gasteiger partial charge in [0.1, 0.15) is 17.6 Å². The fourth-order valence-electron chi connectivity index (χ4n) is 3.37. The topological polar surface area (TPSA) is 69.7 Å². The molecule has 1 aromatic heterocycles. The van der Waals surface area contributed by atoms with Crippen LogP contribution in [0, 0.1) is 5.82 Å². The van der Waals surface area contributed by atoms with Crippen LogP contribution in [0.1, 0.15) is 4.88 Å². The number of thiophene rings is 1. The van der Waals surface area contributed by atoms with Gasteiger partial charge in [-0.1, -0.05) is 18.2 Å². The summed E-state index contributed by atoms with van der Waals surface area (Å²) in [6.07, 6.45) is 2.35. The summed E-state index contributed by atoms with van der Waals surface area (Å²) in [6.45, 7) is 0.0498. The largest absolute Gasteiger partial charge is 0.327 e. The van der Waals surface area contributed by atoms with Gasteiger partial charge in [0, 0.05) is 17.1 Å². The van der Waals surface area contributed by atoms with E-state index in [0.29, 0.717) is 12.1 Å². The van der Waals surface area contributed by atoms with Gasteiger partial charge in [0.05, 0.1) is 6.04 Å². The zero-order valence-electron chi connectivity index (χ0n) is 15.3. The molecule has 9 heteroatoms. The average molecular weight is 432 g/mol. The summed E-state index contributed by atoms with van der Waals surface area (Å²) in [5, 5.41) is 5.90. The highest BCUT2D eigenvalue weighted by Gasteiger charge is 2.47. The summed E-state index contributed by atoms with van der Waals surface area (Å²) in [5.41, 5.74) is 0.318. The van der Waals surface area contributed by atoms with E-state index in [0.717, 1.165) is 4.88 Å². The monoisotopic (exact) mass is 431 g/mol. The molecule has 2 aliphatic heterocycles. The Morgan fingerprint density at radius 3 is 2.83 bits per heavy atom. The van der Waals surface area contributed by atoms with Crippen molar-refractivity contribution in [3.63, 3.8) is 0 Å². The lowest BCUT2D eigenvalue weighted by Gasteiger charge is -2.40. The maximum absolute atomic E-state index is 13.3. The molecular formula is C20H18FN3O3S2. The zero-order valence-corrected chi connectivity index (χ0v) is 16.9. The summed E-state index contributed by atoms with van der Waals surface area (Å²) < 4.78 is 13.3. The fraction of sp³-hybridized carbons (Fsp3) is 0.250. The molecule has 6 nitrogen and oxygen atoms in total. The van der Waals surface area contributed by atoms with Gasteiger partial charge in [-0.3, -0.25) is 14.5 Å². The Bertz CT molecular complexity index is 964. The maximum atomic E-state index is 13.3. The van der Waals surface area contributed by atoms with Crippen LogP contribution in [0.25, 0.3) is 0 Å². The van der Waals surface area contributed by atoms with Crippen LogP contribution >= 0.6 is 23.1 Å². The highest BCUT2D eigenvalue weighted by atomic mass is 32.2. The van der Waals surface area contributed by atoms with Gasteiger partial charge in [-0.25, -0.2) is 9.18 Å². The minimum absolute atomic E-state index is 0.218. The lowest BCUT2D eigenvalue weighted by molar-refractivity contribution is -0.132. The van der Waals surface area contributed by atoms with Crippen LogP contribution in [0.15, 0.2) is 53.3 Å². The number of halogens is 1. The number of hydrogen-bond donors (Lipinski definition) is 1. The number of anilines is 1. The van der Waals surface area contributed by atoms with E-state index >= 15 is 0 Å².